The molecule has 0 atom stereocenters. The summed E-state index contributed by atoms with van der Waals surface area (Å²) in [4.78, 5) is 18.5. The van der Waals surface area contributed by atoms with Crippen molar-refractivity contribution in [2.45, 2.75) is 26.3 Å². The first-order valence-corrected chi connectivity index (χ1v) is 6.16. The summed E-state index contributed by atoms with van der Waals surface area (Å²) in [5.74, 6) is 0.129. The van der Waals surface area contributed by atoms with Gasteiger partial charge in [-0.2, -0.15) is 0 Å². The van der Waals surface area contributed by atoms with Crippen molar-refractivity contribution < 1.29 is 4.79 Å². The summed E-state index contributed by atoms with van der Waals surface area (Å²) in [5, 5.41) is 3.21. The van der Waals surface area contributed by atoms with E-state index in [-0.39, 0.29) is 5.91 Å². The lowest BCUT2D eigenvalue weighted by atomic mass is 10.1. The van der Waals surface area contributed by atoms with Crippen LogP contribution in [0.3, 0.4) is 0 Å². The number of carbonyl (C=O) groups is 1. The summed E-state index contributed by atoms with van der Waals surface area (Å²) >= 11 is 0. The van der Waals surface area contributed by atoms with E-state index in [1.807, 2.05) is 17.9 Å². The van der Waals surface area contributed by atoms with Crippen molar-refractivity contribution in [1.82, 2.24) is 15.2 Å². The monoisotopic (exact) mass is 233 g/mol. The number of hydrogen-bond acceptors (Lipinski definition) is 3. The number of rotatable bonds is 4. The minimum Gasteiger partial charge on any atom is -0.333 e. The van der Waals surface area contributed by atoms with Crippen molar-refractivity contribution in [3.05, 3.63) is 29.6 Å². The van der Waals surface area contributed by atoms with Crippen LogP contribution in [0.2, 0.25) is 0 Å². The molecule has 1 aromatic heterocycles. The third-order valence-electron chi connectivity index (χ3n) is 3.07. The van der Waals surface area contributed by atoms with E-state index in [2.05, 4.69) is 17.2 Å². The van der Waals surface area contributed by atoms with E-state index < -0.39 is 0 Å². The van der Waals surface area contributed by atoms with Gasteiger partial charge in [0, 0.05) is 37.1 Å². The number of pyridine rings is 1. The zero-order valence-electron chi connectivity index (χ0n) is 10.4. The van der Waals surface area contributed by atoms with Crippen molar-refractivity contribution in [3.63, 3.8) is 0 Å². The van der Waals surface area contributed by atoms with Gasteiger partial charge in [0.2, 0.25) is 0 Å². The van der Waals surface area contributed by atoms with Crippen molar-refractivity contribution >= 4 is 5.91 Å². The van der Waals surface area contributed by atoms with Gasteiger partial charge in [0.15, 0.2) is 0 Å². The SMILES string of the molecule is CCCN(C(=O)c1ccnc(C)c1)C1CNC1. The first kappa shape index (κ1) is 12.0. The van der Waals surface area contributed by atoms with Crippen LogP contribution in [-0.2, 0) is 0 Å². The summed E-state index contributed by atoms with van der Waals surface area (Å²) in [6.07, 6.45) is 2.69. The quantitative estimate of drug-likeness (QED) is 0.850. The largest absolute Gasteiger partial charge is 0.333 e. The number of nitrogens with one attached hydrogen (secondary N) is 1. The second-order valence-electron chi connectivity index (χ2n) is 4.50. The smallest absolute Gasteiger partial charge is 0.254 e. The molecule has 1 aliphatic heterocycles. The summed E-state index contributed by atoms with van der Waals surface area (Å²) in [6, 6.07) is 4.01. The highest BCUT2D eigenvalue weighted by atomic mass is 16.2. The molecule has 1 saturated heterocycles. The number of aryl methyl sites for hydroxylation is 1. The highest BCUT2D eigenvalue weighted by molar-refractivity contribution is 5.94. The van der Waals surface area contributed by atoms with Crippen LogP contribution in [0, 0.1) is 6.92 Å². The van der Waals surface area contributed by atoms with Gasteiger partial charge in [0.1, 0.15) is 0 Å². The van der Waals surface area contributed by atoms with E-state index in [0.717, 1.165) is 37.3 Å². The molecule has 1 N–H and O–H groups in total. The molecule has 4 heteroatoms. The molecule has 0 spiro atoms. The minimum absolute atomic E-state index is 0.129. The summed E-state index contributed by atoms with van der Waals surface area (Å²) < 4.78 is 0. The molecule has 0 saturated carbocycles. The highest BCUT2D eigenvalue weighted by Gasteiger charge is 2.28. The summed E-state index contributed by atoms with van der Waals surface area (Å²) in [7, 11) is 0. The van der Waals surface area contributed by atoms with E-state index in [4.69, 9.17) is 0 Å². The molecule has 1 amide bonds. The Hall–Kier alpha value is -1.42. The molecule has 0 radical (unpaired) electrons. The Morgan fingerprint density at radius 2 is 2.35 bits per heavy atom. The molecule has 4 nitrogen and oxygen atoms in total. The molecule has 0 bridgehead atoms. The van der Waals surface area contributed by atoms with Gasteiger partial charge in [-0.15, -0.1) is 0 Å². The van der Waals surface area contributed by atoms with E-state index in [1.165, 1.54) is 0 Å². The van der Waals surface area contributed by atoms with E-state index in [9.17, 15) is 4.79 Å². The first-order chi connectivity index (χ1) is 8.22. The van der Waals surface area contributed by atoms with Crippen LogP contribution in [0.5, 0.6) is 0 Å². The molecule has 2 rings (SSSR count). The summed E-state index contributed by atoms with van der Waals surface area (Å²) in [6.45, 7) is 6.66. The molecule has 1 aliphatic rings. The number of hydrogen-bond donors (Lipinski definition) is 1. The zero-order valence-corrected chi connectivity index (χ0v) is 10.4. The van der Waals surface area contributed by atoms with Crippen molar-refractivity contribution in [2.24, 2.45) is 0 Å². The van der Waals surface area contributed by atoms with Gasteiger partial charge >= 0.3 is 0 Å². The van der Waals surface area contributed by atoms with E-state index in [0.29, 0.717) is 6.04 Å². The fourth-order valence-electron chi connectivity index (χ4n) is 2.03. The molecule has 0 aliphatic carbocycles. The Balaban J connectivity index is 2.15. The fraction of sp³-hybridized carbons (Fsp3) is 0.538. The van der Waals surface area contributed by atoms with Gasteiger partial charge < -0.3 is 10.2 Å². The van der Waals surface area contributed by atoms with E-state index in [1.54, 1.807) is 12.3 Å². The number of nitrogens with zero attached hydrogens (tertiary/aromatic N) is 2. The van der Waals surface area contributed by atoms with Crippen molar-refractivity contribution in [1.29, 1.82) is 0 Å². The van der Waals surface area contributed by atoms with Crippen LogP contribution >= 0.6 is 0 Å². The Morgan fingerprint density at radius 3 is 2.88 bits per heavy atom. The highest BCUT2D eigenvalue weighted by Crippen LogP contribution is 2.12. The Bertz CT molecular complexity index is 401. The van der Waals surface area contributed by atoms with Crippen LogP contribution in [0.25, 0.3) is 0 Å². The van der Waals surface area contributed by atoms with Crippen LogP contribution in [0.1, 0.15) is 29.4 Å². The first-order valence-electron chi connectivity index (χ1n) is 6.16. The predicted octanol–water partition coefficient (Wildman–Crippen LogP) is 1.21. The number of carbonyl (C=O) groups excluding carboxylic acids is 1. The minimum atomic E-state index is 0.129. The van der Waals surface area contributed by atoms with Crippen LogP contribution < -0.4 is 5.32 Å². The van der Waals surface area contributed by atoms with Gasteiger partial charge in [0.25, 0.3) is 5.91 Å². The molecule has 0 aromatic carbocycles. The molecule has 92 valence electrons. The molecule has 1 aromatic rings. The second-order valence-corrected chi connectivity index (χ2v) is 4.50. The average molecular weight is 233 g/mol. The molecule has 17 heavy (non-hydrogen) atoms. The summed E-state index contributed by atoms with van der Waals surface area (Å²) in [5.41, 5.74) is 1.64. The Labute approximate surface area is 102 Å². The van der Waals surface area contributed by atoms with Gasteiger partial charge in [-0.25, -0.2) is 0 Å². The maximum absolute atomic E-state index is 12.4. The molecule has 0 unspecified atom stereocenters. The van der Waals surface area contributed by atoms with Crippen molar-refractivity contribution in [3.8, 4) is 0 Å². The lowest BCUT2D eigenvalue weighted by Crippen LogP contribution is -2.59. The molecular formula is C13H19N3O. The van der Waals surface area contributed by atoms with Crippen LogP contribution in [-0.4, -0.2) is 41.5 Å². The molecule has 1 fully saturated rings. The number of aromatic nitrogens is 1. The third kappa shape index (κ3) is 2.64. The Kier molecular flexibility index (Phi) is 3.74. The zero-order chi connectivity index (χ0) is 12.3. The predicted molar refractivity (Wildman–Crippen MR) is 67.0 cm³/mol. The second kappa shape index (κ2) is 5.27. The van der Waals surface area contributed by atoms with Crippen LogP contribution in [0.4, 0.5) is 0 Å². The van der Waals surface area contributed by atoms with Gasteiger partial charge in [-0.05, 0) is 25.5 Å². The maximum Gasteiger partial charge on any atom is 0.254 e. The van der Waals surface area contributed by atoms with Gasteiger partial charge in [-0.3, -0.25) is 9.78 Å². The van der Waals surface area contributed by atoms with Crippen LogP contribution in [0.15, 0.2) is 18.3 Å². The molecule has 2 heterocycles. The standard InChI is InChI=1S/C13H19N3O/c1-3-6-16(12-8-14-9-12)13(17)11-4-5-15-10(2)7-11/h4-5,7,12,14H,3,6,8-9H2,1-2H3. The van der Waals surface area contributed by atoms with Crippen molar-refractivity contribution in [2.75, 3.05) is 19.6 Å². The van der Waals surface area contributed by atoms with Gasteiger partial charge in [-0.1, -0.05) is 6.92 Å². The third-order valence-corrected chi connectivity index (χ3v) is 3.07. The molecular weight excluding hydrogens is 214 g/mol. The van der Waals surface area contributed by atoms with E-state index >= 15 is 0 Å². The lowest BCUT2D eigenvalue weighted by Gasteiger charge is -2.38. The number of amides is 1. The normalized spacial score (nSPS) is 15.4. The Morgan fingerprint density at radius 1 is 1.59 bits per heavy atom. The lowest BCUT2D eigenvalue weighted by molar-refractivity contribution is 0.0615. The maximum atomic E-state index is 12.4. The van der Waals surface area contributed by atoms with Gasteiger partial charge in [0.05, 0.1) is 6.04 Å². The average Bonchev–Trinajstić information content (AvgIpc) is 2.25. The topological polar surface area (TPSA) is 45.2 Å². The fourth-order valence-corrected chi connectivity index (χ4v) is 2.03.